The number of nitrogens with one attached hydrogen (secondary N) is 3. The third-order valence-electron chi connectivity index (χ3n) is 4.60. The topological polar surface area (TPSA) is 37.7 Å². The van der Waals surface area contributed by atoms with Gasteiger partial charge in [0.15, 0.2) is 5.11 Å². The van der Waals surface area contributed by atoms with Crippen molar-refractivity contribution in [2.24, 2.45) is 0 Å². The van der Waals surface area contributed by atoms with Crippen molar-refractivity contribution in [2.45, 2.75) is 33.2 Å². The predicted molar refractivity (Wildman–Crippen MR) is 95.7 cm³/mol. The highest BCUT2D eigenvalue weighted by atomic mass is 32.1. The SMILES string of the molecule is Cc1cccc(NC(=S)NCC(C)(C)[NH+]2CCOCC2)c1C. The van der Waals surface area contributed by atoms with Crippen LogP contribution in [0.1, 0.15) is 25.0 Å². The summed E-state index contributed by atoms with van der Waals surface area (Å²) >= 11 is 5.45. The monoisotopic (exact) mass is 322 g/mol. The first-order chi connectivity index (χ1) is 10.4. The van der Waals surface area contributed by atoms with Crippen LogP contribution in [0.15, 0.2) is 18.2 Å². The van der Waals surface area contributed by atoms with Crippen LogP contribution in [0, 0.1) is 13.8 Å². The van der Waals surface area contributed by atoms with E-state index in [0.717, 1.165) is 38.5 Å². The molecule has 1 aromatic carbocycles. The van der Waals surface area contributed by atoms with Gasteiger partial charge in [0.25, 0.3) is 0 Å². The number of anilines is 1. The van der Waals surface area contributed by atoms with Gasteiger partial charge in [0.1, 0.15) is 18.6 Å². The third kappa shape index (κ3) is 4.41. The van der Waals surface area contributed by atoms with Gasteiger partial charge in [-0.15, -0.1) is 0 Å². The van der Waals surface area contributed by atoms with Gasteiger partial charge in [0, 0.05) is 5.69 Å². The van der Waals surface area contributed by atoms with E-state index >= 15 is 0 Å². The summed E-state index contributed by atoms with van der Waals surface area (Å²) in [5, 5.41) is 7.38. The molecule has 0 aliphatic carbocycles. The van der Waals surface area contributed by atoms with Gasteiger partial charge in [-0.1, -0.05) is 12.1 Å². The summed E-state index contributed by atoms with van der Waals surface area (Å²) < 4.78 is 5.44. The van der Waals surface area contributed by atoms with Crippen LogP contribution < -0.4 is 15.5 Å². The summed E-state index contributed by atoms with van der Waals surface area (Å²) in [7, 11) is 0. The van der Waals surface area contributed by atoms with Gasteiger partial charge >= 0.3 is 0 Å². The van der Waals surface area contributed by atoms with Crippen molar-refractivity contribution in [3.05, 3.63) is 29.3 Å². The lowest BCUT2D eigenvalue weighted by atomic mass is 10.0. The minimum Gasteiger partial charge on any atom is -0.370 e. The van der Waals surface area contributed by atoms with Gasteiger partial charge in [0.05, 0.1) is 19.8 Å². The first-order valence-electron chi connectivity index (χ1n) is 7.94. The molecule has 0 unspecified atom stereocenters. The molecule has 4 nitrogen and oxygen atoms in total. The molecule has 5 heteroatoms. The van der Waals surface area contributed by atoms with Crippen LogP contribution in [0.2, 0.25) is 0 Å². The molecule has 1 aliphatic heterocycles. The van der Waals surface area contributed by atoms with Crippen LogP contribution in [-0.2, 0) is 4.74 Å². The van der Waals surface area contributed by atoms with Crippen LogP contribution in [-0.4, -0.2) is 43.5 Å². The molecule has 0 amide bonds. The fourth-order valence-corrected chi connectivity index (χ4v) is 2.96. The minimum absolute atomic E-state index is 0.136. The summed E-state index contributed by atoms with van der Waals surface area (Å²) in [6.07, 6.45) is 0. The second kappa shape index (κ2) is 7.40. The molecule has 1 saturated heterocycles. The zero-order valence-corrected chi connectivity index (χ0v) is 14.9. The molecule has 0 spiro atoms. The lowest BCUT2D eigenvalue weighted by Crippen LogP contribution is -3.22. The number of quaternary nitrogens is 1. The number of hydrogen-bond acceptors (Lipinski definition) is 2. The summed E-state index contributed by atoms with van der Waals surface area (Å²) in [5.74, 6) is 0. The average molecular weight is 322 g/mol. The van der Waals surface area contributed by atoms with Crippen LogP contribution in [0.4, 0.5) is 5.69 Å². The zero-order valence-electron chi connectivity index (χ0n) is 14.1. The molecule has 1 heterocycles. The summed E-state index contributed by atoms with van der Waals surface area (Å²) in [5.41, 5.74) is 3.72. The first kappa shape index (κ1) is 17.2. The van der Waals surface area contributed by atoms with Gasteiger partial charge < -0.3 is 20.3 Å². The summed E-state index contributed by atoms with van der Waals surface area (Å²) in [4.78, 5) is 1.57. The Kier molecular flexibility index (Phi) is 5.78. The lowest BCUT2D eigenvalue weighted by molar-refractivity contribution is -0.954. The molecule has 2 rings (SSSR count). The molecular formula is C17H28N3OS+. The molecule has 0 bridgehead atoms. The molecule has 22 heavy (non-hydrogen) atoms. The summed E-state index contributed by atoms with van der Waals surface area (Å²) in [6, 6.07) is 6.23. The van der Waals surface area contributed by atoms with Gasteiger partial charge in [-0.3, -0.25) is 0 Å². The number of hydrogen-bond donors (Lipinski definition) is 3. The largest absolute Gasteiger partial charge is 0.370 e. The maximum Gasteiger partial charge on any atom is 0.171 e. The molecule has 0 atom stereocenters. The Morgan fingerprint density at radius 2 is 1.95 bits per heavy atom. The highest BCUT2D eigenvalue weighted by molar-refractivity contribution is 7.80. The highest BCUT2D eigenvalue weighted by Crippen LogP contribution is 2.17. The number of thiocarbonyl (C=S) groups is 1. The van der Waals surface area contributed by atoms with E-state index in [0.29, 0.717) is 5.11 Å². The Balaban J connectivity index is 1.88. The fourth-order valence-electron chi connectivity index (χ4n) is 2.77. The smallest absolute Gasteiger partial charge is 0.171 e. The molecule has 0 aromatic heterocycles. The quantitative estimate of drug-likeness (QED) is 0.730. The maximum atomic E-state index is 5.45. The molecule has 1 aromatic rings. The Bertz CT molecular complexity index is 525. The van der Waals surface area contributed by atoms with Crippen molar-refractivity contribution in [3.8, 4) is 0 Å². The standard InChI is InChI=1S/C17H27N3OS/c1-13-6-5-7-15(14(13)2)19-16(22)18-12-17(3,4)20-8-10-21-11-9-20/h5-7H,8-12H2,1-4H3,(H2,18,19,22)/p+1. The Morgan fingerprint density at radius 3 is 2.64 bits per heavy atom. The van der Waals surface area contributed by atoms with E-state index in [1.165, 1.54) is 11.1 Å². The van der Waals surface area contributed by atoms with Crippen LogP contribution in [0.5, 0.6) is 0 Å². The van der Waals surface area contributed by atoms with E-state index in [9.17, 15) is 0 Å². The van der Waals surface area contributed by atoms with E-state index in [2.05, 4.69) is 56.5 Å². The number of rotatable bonds is 4. The number of benzene rings is 1. The average Bonchev–Trinajstić information content (AvgIpc) is 2.51. The first-order valence-corrected chi connectivity index (χ1v) is 8.35. The van der Waals surface area contributed by atoms with E-state index in [1.54, 1.807) is 4.90 Å². The van der Waals surface area contributed by atoms with E-state index in [-0.39, 0.29) is 5.54 Å². The number of morpholine rings is 1. The van der Waals surface area contributed by atoms with Crippen molar-refractivity contribution in [1.29, 1.82) is 0 Å². The van der Waals surface area contributed by atoms with Crippen LogP contribution in [0.3, 0.4) is 0 Å². The third-order valence-corrected chi connectivity index (χ3v) is 4.84. The molecule has 1 aliphatic rings. The zero-order chi connectivity index (χ0) is 16.2. The number of aryl methyl sites for hydroxylation is 1. The maximum absolute atomic E-state index is 5.45. The minimum atomic E-state index is 0.136. The Hall–Kier alpha value is -1.17. The Labute approximate surface area is 139 Å². The van der Waals surface area contributed by atoms with Gasteiger partial charge in [-0.05, 0) is 57.1 Å². The summed E-state index contributed by atoms with van der Waals surface area (Å²) in [6.45, 7) is 13.5. The van der Waals surface area contributed by atoms with E-state index < -0.39 is 0 Å². The van der Waals surface area contributed by atoms with Crippen LogP contribution in [0.25, 0.3) is 0 Å². The molecule has 1 fully saturated rings. The van der Waals surface area contributed by atoms with Crippen LogP contribution >= 0.6 is 12.2 Å². The van der Waals surface area contributed by atoms with Crippen molar-refractivity contribution in [3.63, 3.8) is 0 Å². The van der Waals surface area contributed by atoms with Gasteiger partial charge in [-0.25, -0.2) is 0 Å². The molecule has 122 valence electrons. The predicted octanol–water partition coefficient (Wildman–Crippen LogP) is 1.28. The number of ether oxygens (including phenoxy) is 1. The lowest BCUT2D eigenvalue weighted by Gasteiger charge is -2.37. The Morgan fingerprint density at radius 1 is 1.27 bits per heavy atom. The van der Waals surface area contributed by atoms with E-state index in [1.807, 2.05) is 0 Å². The van der Waals surface area contributed by atoms with Crippen molar-refractivity contribution < 1.29 is 9.64 Å². The molecule has 0 radical (unpaired) electrons. The van der Waals surface area contributed by atoms with Gasteiger partial charge in [-0.2, -0.15) is 0 Å². The highest BCUT2D eigenvalue weighted by Gasteiger charge is 2.32. The van der Waals surface area contributed by atoms with Crippen molar-refractivity contribution >= 4 is 23.0 Å². The second-order valence-corrected chi connectivity index (χ2v) is 7.06. The normalized spacial score (nSPS) is 16.4. The fraction of sp³-hybridized carbons (Fsp3) is 0.588. The molecular weight excluding hydrogens is 294 g/mol. The van der Waals surface area contributed by atoms with Crippen molar-refractivity contribution in [2.75, 3.05) is 38.2 Å². The van der Waals surface area contributed by atoms with Crippen molar-refractivity contribution in [1.82, 2.24) is 5.32 Å². The molecule has 3 N–H and O–H groups in total. The van der Waals surface area contributed by atoms with Gasteiger partial charge in [0.2, 0.25) is 0 Å². The molecule has 0 saturated carbocycles. The second-order valence-electron chi connectivity index (χ2n) is 6.65. The van der Waals surface area contributed by atoms with E-state index in [4.69, 9.17) is 17.0 Å².